The highest BCUT2D eigenvalue weighted by Gasteiger charge is 2.64. The van der Waals surface area contributed by atoms with Crippen LogP contribution in [-0.4, -0.2) is 61.1 Å². The minimum atomic E-state index is -1.50. The normalized spacial score (nSPS) is 20.6. The molecule has 1 fully saturated rings. The molecule has 0 saturated carbocycles. The summed E-state index contributed by atoms with van der Waals surface area (Å²) in [5.74, 6) is -2.74. The number of carbonyl (C=O) groups excluding carboxylic acids is 1. The smallest absolute Gasteiger partial charge is 0.450 e. The molecule has 2 aliphatic heterocycles. The highest BCUT2D eigenvalue weighted by Crippen LogP contribution is 2.51. The number of halogens is 3. The molecule has 3 aromatic carbocycles. The Bertz CT molecular complexity index is 1370. The number of benzene rings is 3. The molecular weight excluding hydrogens is 534 g/mol. The van der Waals surface area contributed by atoms with Crippen LogP contribution in [0.1, 0.15) is 23.0 Å². The van der Waals surface area contributed by atoms with Gasteiger partial charge in [0.1, 0.15) is 26.2 Å². The van der Waals surface area contributed by atoms with Gasteiger partial charge in [0.15, 0.2) is 11.6 Å². The van der Waals surface area contributed by atoms with E-state index in [1.807, 2.05) is 0 Å². The molecule has 3 aromatic rings. The molecule has 0 bridgehead atoms. The highest BCUT2D eigenvalue weighted by molar-refractivity contribution is 6.30. The first-order valence-electron chi connectivity index (χ1n) is 12.3. The number of carboxylic acid groups (broad SMARTS) is 1. The molecule has 2 aliphatic rings. The van der Waals surface area contributed by atoms with Gasteiger partial charge >= 0.3 is 6.16 Å². The maximum Gasteiger partial charge on any atom is 0.508 e. The molecule has 2 unspecified atom stereocenters. The van der Waals surface area contributed by atoms with E-state index in [0.717, 1.165) is 6.07 Å². The minimum Gasteiger partial charge on any atom is -0.450 e. The summed E-state index contributed by atoms with van der Waals surface area (Å²) in [5, 5.41) is 12.3. The fraction of sp³-hybridized carbons (Fsp3) is 0.286. The average Bonchev–Trinajstić information content (AvgIpc) is 3.25. The maximum atomic E-state index is 15.0. The van der Waals surface area contributed by atoms with Gasteiger partial charge in [0, 0.05) is 16.1 Å². The molecule has 2 N–H and O–H groups in total. The molecule has 8 nitrogen and oxygen atoms in total. The fourth-order valence-electron chi connectivity index (χ4n) is 5.68. The zero-order valence-corrected chi connectivity index (χ0v) is 21.5. The van der Waals surface area contributed by atoms with Crippen molar-refractivity contribution < 1.29 is 42.2 Å². The van der Waals surface area contributed by atoms with Crippen LogP contribution >= 0.6 is 11.6 Å². The van der Waals surface area contributed by atoms with E-state index in [4.69, 9.17) is 25.8 Å². The molecule has 0 radical (unpaired) electrons. The molecule has 2 heterocycles. The van der Waals surface area contributed by atoms with E-state index in [1.54, 1.807) is 54.6 Å². The number of ether oxygens (including phenoxy) is 3. The zero-order chi connectivity index (χ0) is 27.6. The largest absolute Gasteiger partial charge is 0.508 e. The lowest BCUT2D eigenvalue weighted by Crippen LogP contribution is -2.70. The Hall–Kier alpha value is -3.57. The van der Waals surface area contributed by atoms with Crippen LogP contribution in [0, 0.1) is 11.6 Å². The number of nitrogens with one attached hydrogen (secondary N) is 1. The van der Waals surface area contributed by atoms with Gasteiger partial charge in [0.05, 0.1) is 24.5 Å². The van der Waals surface area contributed by atoms with Crippen molar-refractivity contribution in [2.24, 2.45) is 0 Å². The van der Waals surface area contributed by atoms with Gasteiger partial charge in [-0.25, -0.2) is 13.6 Å². The van der Waals surface area contributed by atoms with Crippen molar-refractivity contribution in [3.8, 4) is 0 Å². The van der Waals surface area contributed by atoms with E-state index in [9.17, 15) is 19.1 Å². The SMILES string of the molecule is O=C(O)OC(OCC[N+]1(C2(c3ccc(Cl)cc3)C(=O)Nc3c2ccc(F)c3F)CCOCC1)c1ccccc1. The Morgan fingerprint density at radius 1 is 1.08 bits per heavy atom. The summed E-state index contributed by atoms with van der Waals surface area (Å²) in [5.41, 5.74) is -0.370. The third-order valence-corrected chi connectivity index (χ3v) is 7.67. The zero-order valence-electron chi connectivity index (χ0n) is 20.7. The first-order chi connectivity index (χ1) is 18.8. The molecule has 11 heteroatoms. The molecule has 5 rings (SSSR count). The van der Waals surface area contributed by atoms with Gasteiger partial charge < -0.3 is 24.6 Å². The van der Waals surface area contributed by atoms with Crippen molar-refractivity contribution in [1.29, 1.82) is 0 Å². The van der Waals surface area contributed by atoms with Gasteiger partial charge in [0.2, 0.25) is 11.8 Å². The summed E-state index contributed by atoms with van der Waals surface area (Å²) in [6.07, 6.45) is -2.70. The van der Waals surface area contributed by atoms with Gasteiger partial charge in [-0.3, -0.25) is 9.28 Å². The number of quaternary nitrogens is 1. The summed E-state index contributed by atoms with van der Waals surface area (Å²) in [6.45, 7) is 1.46. The molecule has 0 spiro atoms. The first kappa shape index (κ1) is 27.0. The van der Waals surface area contributed by atoms with E-state index in [1.165, 1.54) is 6.07 Å². The van der Waals surface area contributed by atoms with Gasteiger partial charge in [-0.15, -0.1) is 0 Å². The van der Waals surface area contributed by atoms with E-state index >= 15 is 4.39 Å². The van der Waals surface area contributed by atoms with E-state index in [2.05, 4.69) is 5.32 Å². The fourth-order valence-corrected chi connectivity index (χ4v) is 5.80. The van der Waals surface area contributed by atoms with E-state index in [-0.39, 0.29) is 28.9 Å². The number of fused-ring (bicyclic) bond motifs is 1. The molecule has 0 aliphatic carbocycles. The summed E-state index contributed by atoms with van der Waals surface area (Å²) >= 11 is 6.17. The summed E-state index contributed by atoms with van der Waals surface area (Å²) in [4.78, 5) is 25.4. The van der Waals surface area contributed by atoms with Crippen molar-refractivity contribution in [1.82, 2.24) is 0 Å². The van der Waals surface area contributed by atoms with Crippen molar-refractivity contribution in [2.45, 2.75) is 11.8 Å². The van der Waals surface area contributed by atoms with Crippen LogP contribution in [0.4, 0.5) is 19.3 Å². The molecule has 204 valence electrons. The Morgan fingerprint density at radius 3 is 2.44 bits per heavy atom. The predicted molar refractivity (Wildman–Crippen MR) is 137 cm³/mol. The van der Waals surface area contributed by atoms with Crippen LogP contribution in [0.2, 0.25) is 5.02 Å². The quantitative estimate of drug-likeness (QED) is 0.227. The van der Waals surface area contributed by atoms with Crippen LogP contribution in [0.3, 0.4) is 0 Å². The van der Waals surface area contributed by atoms with Gasteiger partial charge in [0.25, 0.3) is 5.91 Å². The summed E-state index contributed by atoms with van der Waals surface area (Å²) in [7, 11) is 0. The summed E-state index contributed by atoms with van der Waals surface area (Å²) in [6, 6.07) is 17.7. The summed E-state index contributed by atoms with van der Waals surface area (Å²) < 4.78 is 45.9. The number of carbonyl (C=O) groups is 2. The number of morpholine rings is 1. The van der Waals surface area contributed by atoms with Crippen LogP contribution in [0.15, 0.2) is 66.7 Å². The number of hydrogen-bond donors (Lipinski definition) is 2. The second-order valence-corrected chi connectivity index (χ2v) is 9.82. The highest BCUT2D eigenvalue weighted by atomic mass is 35.5. The van der Waals surface area contributed by atoms with Crippen LogP contribution < -0.4 is 5.32 Å². The third kappa shape index (κ3) is 4.74. The van der Waals surface area contributed by atoms with Crippen molar-refractivity contribution >= 4 is 29.4 Å². The Morgan fingerprint density at radius 2 is 1.77 bits per heavy atom. The number of hydrogen-bond acceptors (Lipinski definition) is 5. The third-order valence-electron chi connectivity index (χ3n) is 7.42. The van der Waals surface area contributed by atoms with E-state index < -0.39 is 35.5 Å². The molecule has 0 aromatic heterocycles. The second kappa shape index (κ2) is 10.9. The molecule has 1 saturated heterocycles. The van der Waals surface area contributed by atoms with Gasteiger partial charge in [-0.2, -0.15) is 0 Å². The average molecular weight is 560 g/mol. The van der Waals surface area contributed by atoms with Crippen LogP contribution in [-0.2, 0) is 24.5 Å². The Labute approximate surface area is 228 Å². The number of nitrogens with zero attached hydrogens (tertiary/aromatic N) is 1. The molecular formula is C28H26ClF2N2O6+. The second-order valence-electron chi connectivity index (χ2n) is 9.38. The molecule has 39 heavy (non-hydrogen) atoms. The first-order valence-corrected chi connectivity index (χ1v) is 12.7. The number of amides is 1. The lowest BCUT2D eigenvalue weighted by molar-refractivity contribution is -0.973. The molecule has 2 atom stereocenters. The van der Waals surface area contributed by atoms with Crippen molar-refractivity contribution in [3.63, 3.8) is 0 Å². The number of rotatable bonds is 8. The van der Waals surface area contributed by atoms with Crippen molar-refractivity contribution in [3.05, 3.63) is 100 Å². The Kier molecular flexibility index (Phi) is 7.55. The minimum absolute atomic E-state index is 0.0194. The van der Waals surface area contributed by atoms with Gasteiger partial charge in [-0.05, 0) is 24.3 Å². The lowest BCUT2D eigenvalue weighted by Gasteiger charge is -2.52. The van der Waals surface area contributed by atoms with E-state index in [0.29, 0.717) is 42.5 Å². The van der Waals surface area contributed by atoms with Gasteiger partial charge in [-0.1, -0.05) is 54.1 Å². The standard InChI is InChI=1S/C28H25ClF2N2O6/c29-20-8-6-19(7-9-20)28(21-10-11-22(30)23(31)24(21)32-26(28)34)33(12-15-37-16-13-33)14-17-38-25(39-27(35)36)18-4-2-1-3-5-18/h1-11,25H,12-17H2,(H-,32,34,35,36)/p+1. The molecule has 1 amide bonds. The van der Waals surface area contributed by atoms with Crippen LogP contribution in [0.5, 0.6) is 0 Å². The monoisotopic (exact) mass is 559 g/mol. The number of anilines is 1. The Balaban J connectivity index is 1.59. The topological polar surface area (TPSA) is 94.1 Å². The van der Waals surface area contributed by atoms with Crippen LogP contribution in [0.25, 0.3) is 0 Å². The maximum absolute atomic E-state index is 15.0. The van der Waals surface area contributed by atoms with Crippen molar-refractivity contribution in [2.75, 3.05) is 44.8 Å². The predicted octanol–water partition coefficient (Wildman–Crippen LogP) is 5.07. The lowest BCUT2D eigenvalue weighted by atomic mass is 9.79.